The Morgan fingerprint density at radius 1 is 1.13 bits per heavy atom. The maximum Gasteiger partial charge on any atom is 0.272 e. The minimum absolute atomic E-state index is 0.107. The molecule has 2 atom stereocenters. The molecule has 10 nitrogen and oxygen atoms in total. The Bertz CT molecular complexity index is 1440. The SMILES string of the molecule is COc1c2c(cc3c1[C@@H](c1nnnn1C(c1ccccc1)c1ccccc1)[N@+](C)(CC(N)=O)CC3)OCO2. The molecule has 6 rings (SSSR count). The van der Waals surface area contributed by atoms with Crippen molar-refractivity contribution in [3.63, 3.8) is 0 Å². The van der Waals surface area contributed by atoms with E-state index >= 15 is 0 Å². The molecule has 3 aromatic carbocycles. The van der Waals surface area contributed by atoms with Crippen LogP contribution in [0.1, 0.15) is 40.2 Å². The molecule has 10 heteroatoms. The number of likely N-dealkylation sites (N-methyl/N-ethyl adjacent to an activating group) is 1. The van der Waals surface area contributed by atoms with Gasteiger partial charge >= 0.3 is 0 Å². The first-order valence-electron chi connectivity index (χ1n) is 12.5. The number of primary amides is 1. The second-order valence-corrected chi connectivity index (χ2v) is 9.90. The zero-order valence-corrected chi connectivity index (χ0v) is 21.3. The summed E-state index contributed by atoms with van der Waals surface area (Å²) in [5.41, 5.74) is 9.78. The first-order chi connectivity index (χ1) is 18.5. The smallest absolute Gasteiger partial charge is 0.272 e. The number of carbonyl (C=O) groups excluding carboxylic acids is 1. The molecule has 194 valence electrons. The monoisotopic (exact) mass is 513 g/mol. The summed E-state index contributed by atoms with van der Waals surface area (Å²) in [6.45, 7) is 0.877. The lowest BCUT2D eigenvalue weighted by Gasteiger charge is -2.44. The number of benzene rings is 3. The predicted octanol–water partition coefficient (Wildman–Crippen LogP) is 2.63. The van der Waals surface area contributed by atoms with Gasteiger partial charge in [-0.3, -0.25) is 4.79 Å². The van der Waals surface area contributed by atoms with Crippen molar-refractivity contribution in [3.05, 3.63) is 94.8 Å². The van der Waals surface area contributed by atoms with E-state index in [1.165, 1.54) is 0 Å². The molecule has 0 spiro atoms. The number of rotatable bonds is 7. The molecule has 0 radical (unpaired) electrons. The first kappa shape index (κ1) is 23.9. The number of ether oxygens (including phenoxy) is 3. The van der Waals surface area contributed by atoms with Crippen LogP contribution >= 0.6 is 0 Å². The Morgan fingerprint density at radius 3 is 2.45 bits per heavy atom. The van der Waals surface area contributed by atoms with E-state index in [-0.39, 0.29) is 23.9 Å². The Kier molecular flexibility index (Phi) is 5.96. The molecule has 3 heterocycles. The fourth-order valence-electron chi connectivity index (χ4n) is 5.85. The highest BCUT2D eigenvalue weighted by Crippen LogP contribution is 2.52. The number of methoxy groups -OCH3 is 1. The van der Waals surface area contributed by atoms with Crippen LogP contribution in [0.15, 0.2) is 66.7 Å². The second-order valence-electron chi connectivity index (χ2n) is 9.90. The van der Waals surface area contributed by atoms with Crippen LogP contribution in [0.2, 0.25) is 0 Å². The highest BCUT2D eigenvalue weighted by molar-refractivity contribution is 5.75. The van der Waals surface area contributed by atoms with E-state index in [4.69, 9.17) is 19.9 Å². The Balaban J connectivity index is 1.60. The van der Waals surface area contributed by atoms with Gasteiger partial charge in [-0.15, -0.1) is 5.10 Å². The summed E-state index contributed by atoms with van der Waals surface area (Å²) < 4.78 is 19.6. The largest absolute Gasteiger partial charge is 0.492 e. The molecule has 0 fully saturated rings. The lowest BCUT2D eigenvalue weighted by atomic mass is 9.87. The van der Waals surface area contributed by atoms with Crippen molar-refractivity contribution in [2.24, 2.45) is 5.73 Å². The number of quaternary nitrogens is 1. The fraction of sp³-hybridized carbons (Fsp3) is 0.286. The van der Waals surface area contributed by atoms with Crippen molar-refractivity contribution in [2.45, 2.75) is 18.5 Å². The van der Waals surface area contributed by atoms with Gasteiger partial charge in [0.1, 0.15) is 6.04 Å². The molecule has 0 saturated carbocycles. The predicted molar refractivity (Wildman–Crippen MR) is 138 cm³/mol. The maximum atomic E-state index is 12.4. The molecule has 2 N–H and O–H groups in total. The van der Waals surface area contributed by atoms with Gasteiger partial charge in [0.25, 0.3) is 5.91 Å². The van der Waals surface area contributed by atoms with Crippen LogP contribution in [0, 0.1) is 0 Å². The number of nitrogens with two attached hydrogens (primary N) is 1. The van der Waals surface area contributed by atoms with Crippen molar-refractivity contribution in [2.75, 3.05) is 34.0 Å². The molecular formula is C28H29N6O4+. The minimum Gasteiger partial charge on any atom is -0.492 e. The zero-order valence-electron chi connectivity index (χ0n) is 21.3. The third-order valence-corrected chi connectivity index (χ3v) is 7.49. The van der Waals surface area contributed by atoms with Gasteiger partial charge in [0.05, 0.1) is 26.3 Å². The van der Waals surface area contributed by atoms with Crippen molar-refractivity contribution in [1.82, 2.24) is 20.2 Å². The van der Waals surface area contributed by atoms with Gasteiger partial charge in [0.15, 0.2) is 24.1 Å². The zero-order chi connectivity index (χ0) is 26.3. The highest BCUT2D eigenvalue weighted by atomic mass is 16.7. The normalized spacial score (nSPS) is 19.8. The third kappa shape index (κ3) is 3.93. The van der Waals surface area contributed by atoms with Gasteiger partial charge in [-0.05, 0) is 33.2 Å². The summed E-state index contributed by atoms with van der Waals surface area (Å²) in [5, 5.41) is 13.3. The standard InChI is InChI=1S/C28H28N6O4/c1-34(16-22(29)35)14-13-20-15-21-26(38-17-37-21)27(36-2)23(20)25(34)28-30-31-32-33(28)24(18-9-5-3-6-10-18)19-11-7-4-8-12-19/h3-12,15,24-25H,13-14,16-17H2,1-2H3,(H-,29,35)/p+1/t25-,34-/m0/s1. The van der Waals surface area contributed by atoms with Crippen LogP contribution in [0.3, 0.4) is 0 Å². The molecule has 0 unspecified atom stereocenters. The van der Waals surface area contributed by atoms with Crippen molar-refractivity contribution in [1.29, 1.82) is 0 Å². The van der Waals surface area contributed by atoms with Crippen LogP contribution in [-0.2, 0) is 11.2 Å². The van der Waals surface area contributed by atoms with E-state index in [0.717, 1.165) is 22.3 Å². The molecule has 1 amide bonds. The number of amides is 1. The van der Waals surface area contributed by atoms with Gasteiger partial charge < -0.3 is 24.4 Å². The van der Waals surface area contributed by atoms with Crippen molar-refractivity contribution >= 4 is 5.91 Å². The molecule has 0 bridgehead atoms. The van der Waals surface area contributed by atoms with E-state index < -0.39 is 11.9 Å². The molecule has 0 saturated heterocycles. The van der Waals surface area contributed by atoms with Gasteiger partial charge in [0, 0.05) is 6.42 Å². The Labute approximate surface area is 220 Å². The average molecular weight is 514 g/mol. The topological polar surface area (TPSA) is 114 Å². The highest BCUT2D eigenvalue weighted by Gasteiger charge is 2.48. The quantitative estimate of drug-likeness (QED) is 0.378. The number of fused-ring (bicyclic) bond motifs is 2. The van der Waals surface area contributed by atoms with E-state index in [9.17, 15) is 4.79 Å². The summed E-state index contributed by atoms with van der Waals surface area (Å²) in [6, 6.07) is 21.5. The van der Waals surface area contributed by atoms with E-state index in [1.807, 2.05) is 54.2 Å². The molecule has 4 aromatic rings. The summed E-state index contributed by atoms with van der Waals surface area (Å²) in [6.07, 6.45) is 0.699. The minimum atomic E-state index is -0.458. The molecule has 1 aromatic heterocycles. The van der Waals surface area contributed by atoms with Crippen LogP contribution in [0.4, 0.5) is 0 Å². The summed E-state index contributed by atoms with van der Waals surface area (Å²) in [4.78, 5) is 12.4. The van der Waals surface area contributed by atoms with Crippen LogP contribution < -0.4 is 19.9 Å². The average Bonchev–Trinajstić information content (AvgIpc) is 3.58. The maximum absolute atomic E-state index is 12.4. The number of nitrogens with zero attached hydrogens (tertiary/aromatic N) is 5. The van der Waals surface area contributed by atoms with Gasteiger partial charge in [-0.1, -0.05) is 60.7 Å². The Hall–Kier alpha value is -4.44. The van der Waals surface area contributed by atoms with E-state index in [1.54, 1.807) is 7.11 Å². The van der Waals surface area contributed by atoms with Gasteiger partial charge in [-0.2, -0.15) is 0 Å². The van der Waals surface area contributed by atoms with Gasteiger partial charge in [-0.25, -0.2) is 4.68 Å². The summed E-state index contributed by atoms with van der Waals surface area (Å²) >= 11 is 0. The van der Waals surface area contributed by atoms with E-state index in [2.05, 4.69) is 39.8 Å². The number of carbonyl (C=O) groups is 1. The number of hydrogen-bond acceptors (Lipinski definition) is 7. The molecule has 0 aliphatic carbocycles. The molecule has 2 aliphatic heterocycles. The van der Waals surface area contributed by atoms with Gasteiger partial charge in [0.2, 0.25) is 18.4 Å². The molecular weight excluding hydrogens is 484 g/mol. The summed E-state index contributed by atoms with van der Waals surface area (Å²) in [7, 11) is 3.63. The van der Waals surface area contributed by atoms with Crippen LogP contribution in [-0.4, -0.2) is 64.6 Å². The second kappa shape index (κ2) is 9.46. The lowest BCUT2D eigenvalue weighted by molar-refractivity contribution is -0.929. The first-order valence-corrected chi connectivity index (χ1v) is 12.5. The number of tetrazole rings is 1. The summed E-state index contributed by atoms with van der Waals surface area (Å²) in [5.74, 6) is 1.97. The molecule has 38 heavy (non-hydrogen) atoms. The lowest BCUT2D eigenvalue weighted by Crippen LogP contribution is -2.56. The molecule has 2 aliphatic rings. The van der Waals surface area contributed by atoms with Crippen LogP contribution in [0.5, 0.6) is 17.2 Å². The third-order valence-electron chi connectivity index (χ3n) is 7.49. The Morgan fingerprint density at radius 2 is 1.82 bits per heavy atom. The van der Waals surface area contributed by atoms with Crippen molar-refractivity contribution < 1.29 is 23.5 Å². The van der Waals surface area contributed by atoms with Crippen LogP contribution in [0.25, 0.3) is 0 Å². The fourth-order valence-corrected chi connectivity index (χ4v) is 5.85. The van der Waals surface area contributed by atoms with E-state index in [0.29, 0.717) is 36.0 Å². The number of aromatic nitrogens is 4. The van der Waals surface area contributed by atoms with Crippen molar-refractivity contribution in [3.8, 4) is 17.2 Å². The number of hydrogen-bond donors (Lipinski definition) is 1.